The highest BCUT2D eigenvalue weighted by atomic mass is 79.9. The first-order valence-electron chi connectivity index (χ1n) is 6.97. The van der Waals surface area contributed by atoms with Crippen LogP contribution in [0.1, 0.15) is 18.1 Å². The Morgan fingerprint density at radius 1 is 1.32 bits per heavy atom. The highest BCUT2D eigenvalue weighted by Gasteiger charge is 2.10. The first-order valence-corrected chi connectivity index (χ1v) is 8.14. The van der Waals surface area contributed by atoms with Crippen LogP contribution in [0.2, 0.25) is 5.02 Å². The minimum Gasteiger partial charge on any atom is -0.482 e. The fraction of sp³-hybridized carbons (Fsp3) is 0.235. The SMILES string of the molecule is CCc1cccc(C)c1NC(=O)COc1cc(Br)ccc1Cl. The van der Waals surface area contributed by atoms with Crippen LogP contribution in [0.15, 0.2) is 40.9 Å². The van der Waals surface area contributed by atoms with Gasteiger partial charge in [0.15, 0.2) is 6.61 Å². The predicted octanol–water partition coefficient (Wildman–Crippen LogP) is 4.99. The van der Waals surface area contributed by atoms with Crippen LogP contribution in [-0.4, -0.2) is 12.5 Å². The minimum absolute atomic E-state index is 0.0896. The summed E-state index contributed by atoms with van der Waals surface area (Å²) < 4.78 is 6.34. The molecule has 0 aliphatic carbocycles. The van der Waals surface area contributed by atoms with E-state index in [-0.39, 0.29) is 12.5 Å². The smallest absolute Gasteiger partial charge is 0.262 e. The number of benzene rings is 2. The summed E-state index contributed by atoms with van der Waals surface area (Å²) >= 11 is 9.38. The Labute approximate surface area is 143 Å². The summed E-state index contributed by atoms with van der Waals surface area (Å²) in [6, 6.07) is 11.2. The van der Waals surface area contributed by atoms with Gasteiger partial charge in [0, 0.05) is 10.2 Å². The van der Waals surface area contributed by atoms with Gasteiger partial charge in [0.25, 0.3) is 5.91 Å². The second-order valence-corrected chi connectivity index (χ2v) is 6.20. The summed E-state index contributed by atoms with van der Waals surface area (Å²) in [5.41, 5.74) is 3.00. The molecule has 2 aromatic carbocycles. The molecule has 1 amide bonds. The quantitative estimate of drug-likeness (QED) is 0.791. The molecule has 2 rings (SSSR count). The molecule has 22 heavy (non-hydrogen) atoms. The Morgan fingerprint density at radius 2 is 2.09 bits per heavy atom. The summed E-state index contributed by atoms with van der Waals surface area (Å²) in [7, 11) is 0. The van der Waals surface area contributed by atoms with E-state index < -0.39 is 0 Å². The molecule has 3 nitrogen and oxygen atoms in total. The van der Waals surface area contributed by atoms with E-state index in [1.54, 1.807) is 12.1 Å². The van der Waals surface area contributed by atoms with E-state index in [4.69, 9.17) is 16.3 Å². The molecule has 0 saturated heterocycles. The van der Waals surface area contributed by atoms with Crippen molar-refractivity contribution < 1.29 is 9.53 Å². The fourth-order valence-electron chi connectivity index (χ4n) is 2.11. The number of anilines is 1. The van der Waals surface area contributed by atoms with Crippen molar-refractivity contribution in [2.24, 2.45) is 0 Å². The molecule has 0 fully saturated rings. The Bertz CT molecular complexity index is 688. The van der Waals surface area contributed by atoms with Crippen molar-refractivity contribution in [3.63, 3.8) is 0 Å². The van der Waals surface area contributed by atoms with Gasteiger partial charge in [-0.15, -0.1) is 0 Å². The molecule has 5 heteroatoms. The van der Waals surface area contributed by atoms with Gasteiger partial charge in [0.1, 0.15) is 5.75 Å². The summed E-state index contributed by atoms with van der Waals surface area (Å²) in [5, 5.41) is 3.39. The van der Waals surface area contributed by atoms with E-state index in [9.17, 15) is 4.79 Å². The van der Waals surface area contributed by atoms with Crippen LogP contribution in [0.4, 0.5) is 5.69 Å². The maximum atomic E-state index is 12.1. The van der Waals surface area contributed by atoms with Crippen molar-refractivity contribution in [1.29, 1.82) is 0 Å². The number of hydrogen-bond acceptors (Lipinski definition) is 2. The first kappa shape index (κ1) is 16.8. The number of carbonyl (C=O) groups excluding carboxylic acids is 1. The van der Waals surface area contributed by atoms with E-state index in [1.807, 2.05) is 31.2 Å². The molecule has 0 atom stereocenters. The fourth-order valence-corrected chi connectivity index (χ4v) is 2.62. The topological polar surface area (TPSA) is 38.3 Å². The average molecular weight is 383 g/mol. The van der Waals surface area contributed by atoms with Crippen LogP contribution in [0.5, 0.6) is 5.75 Å². The van der Waals surface area contributed by atoms with E-state index in [0.29, 0.717) is 10.8 Å². The number of rotatable bonds is 5. The number of carbonyl (C=O) groups is 1. The van der Waals surface area contributed by atoms with Crippen LogP contribution in [-0.2, 0) is 11.2 Å². The summed E-state index contributed by atoms with van der Waals surface area (Å²) in [4.78, 5) is 12.1. The van der Waals surface area contributed by atoms with Crippen molar-refractivity contribution in [1.82, 2.24) is 0 Å². The molecule has 0 unspecified atom stereocenters. The summed E-state index contributed by atoms with van der Waals surface area (Å²) in [6.45, 7) is 3.94. The zero-order chi connectivity index (χ0) is 16.1. The zero-order valence-corrected chi connectivity index (χ0v) is 14.8. The normalized spacial score (nSPS) is 10.4. The van der Waals surface area contributed by atoms with Gasteiger partial charge in [-0.05, 0) is 42.7 Å². The Hall–Kier alpha value is -1.52. The minimum atomic E-state index is -0.208. The largest absolute Gasteiger partial charge is 0.482 e. The molecular weight excluding hydrogens is 366 g/mol. The van der Waals surface area contributed by atoms with Gasteiger partial charge in [-0.1, -0.05) is 52.7 Å². The standard InChI is InChI=1S/C17H17BrClNO2/c1-3-12-6-4-5-11(2)17(12)20-16(21)10-22-15-9-13(18)7-8-14(15)19/h4-9H,3,10H2,1-2H3,(H,20,21). The molecule has 0 aliphatic rings. The number of amides is 1. The van der Waals surface area contributed by atoms with E-state index >= 15 is 0 Å². The lowest BCUT2D eigenvalue weighted by molar-refractivity contribution is -0.118. The molecule has 0 radical (unpaired) electrons. The molecule has 0 aliphatic heterocycles. The lowest BCUT2D eigenvalue weighted by atomic mass is 10.1. The van der Waals surface area contributed by atoms with Crippen LogP contribution >= 0.6 is 27.5 Å². The Morgan fingerprint density at radius 3 is 2.82 bits per heavy atom. The van der Waals surface area contributed by atoms with Gasteiger partial charge >= 0.3 is 0 Å². The van der Waals surface area contributed by atoms with Crippen molar-refractivity contribution in [2.75, 3.05) is 11.9 Å². The molecule has 0 spiro atoms. The van der Waals surface area contributed by atoms with Gasteiger partial charge in [-0.3, -0.25) is 4.79 Å². The number of para-hydroxylation sites is 1. The van der Waals surface area contributed by atoms with Crippen LogP contribution in [0, 0.1) is 6.92 Å². The average Bonchev–Trinajstić information content (AvgIpc) is 2.50. The molecule has 1 N–H and O–H groups in total. The number of nitrogens with one attached hydrogen (secondary N) is 1. The van der Waals surface area contributed by atoms with E-state index in [0.717, 1.165) is 27.7 Å². The second kappa shape index (κ2) is 7.65. The van der Waals surface area contributed by atoms with Crippen LogP contribution < -0.4 is 10.1 Å². The van der Waals surface area contributed by atoms with Crippen LogP contribution in [0.3, 0.4) is 0 Å². The number of halogens is 2. The van der Waals surface area contributed by atoms with Gasteiger partial charge in [-0.25, -0.2) is 0 Å². The lowest BCUT2D eigenvalue weighted by Crippen LogP contribution is -2.21. The summed E-state index contributed by atoms with van der Waals surface area (Å²) in [5.74, 6) is 0.270. The molecule has 0 aromatic heterocycles. The van der Waals surface area contributed by atoms with Gasteiger partial charge < -0.3 is 10.1 Å². The molecule has 0 heterocycles. The predicted molar refractivity (Wildman–Crippen MR) is 93.8 cm³/mol. The highest BCUT2D eigenvalue weighted by molar-refractivity contribution is 9.10. The van der Waals surface area contributed by atoms with Gasteiger partial charge in [0.2, 0.25) is 0 Å². The molecular formula is C17H17BrClNO2. The van der Waals surface area contributed by atoms with Crippen molar-refractivity contribution in [3.8, 4) is 5.75 Å². The number of ether oxygens (including phenoxy) is 1. The Kier molecular flexibility index (Phi) is 5.86. The third-order valence-electron chi connectivity index (χ3n) is 3.26. The molecule has 2 aromatic rings. The maximum absolute atomic E-state index is 12.1. The maximum Gasteiger partial charge on any atom is 0.262 e. The third-order valence-corrected chi connectivity index (χ3v) is 4.06. The zero-order valence-electron chi connectivity index (χ0n) is 12.5. The molecule has 116 valence electrons. The van der Waals surface area contributed by atoms with Crippen molar-refractivity contribution in [3.05, 3.63) is 57.0 Å². The molecule has 0 saturated carbocycles. The van der Waals surface area contributed by atoms with Crippen molar-refractivity contribution in [2.45, 2.75) is 20.3 Å². The number of hydrogen-bond donors (Lipinski definition) is 1. The van der Waals surface area contributed by atoms with Crippen molar-refractivity contribution >= 4 is 39.1 Å². The number of aryl methyl sites for hydroxylation is 2. The van der Waals surface area contributed by atoms with Gasteiger partial charge in [0.05, 0.1) is 5.02 Å². The summed E-state index contributed by atoms with van der Waals surface area (Å²) in [6.07, 6.45) is 0.857. The Balaban J connectivity index is 2.03. The van der Waals surface area contributed by atoms with E-state index in [2.05, 4.69) is 28.2 Å². The highest BCUT2D eigenvalue weighted by Crippen LogP contribution is 2.28. The third kappa shape index (κ3) is 4.24. The second-order valence-electron chi connectivity index (χ2n) is 4.87. The lowest BCUT2D eigenvalue weighted by Gasteiger charge is -2.14. The monoisotopic (exact) mass is 381 g/mol. The first-order chi connectivity index (χ1) is 10.5. The van der Waals surface area contributed by atoms with E-state index in [1.165, 1.54) is 0 Å². The van der Waals surface area contributed by atoms with Crippen LogP contribution in [0.25, 0.3) is 0 Å². The molecule has 0 bridgehead atoms. The van der Waals surface area contributed by atoms with Gasteiger partial charge in [-0.2, -0.15) is 0 Å².